The van der Waals surface area contributed by atoms with Crippen LogP contribution in [-0.2, 0) is 14.3 Å². The molecule has 0 radical (unpaired) electrons. The van der Waals surface area contributed by atoms with Crippen molar-refractivity contribution in [1.29, 1.82) is 0 Å². The highest BCUT2D eigenvalue weighted by atomic mass is 16.6. The molecule has 0 N–H and O–H groups in total. The molecular formula is C11H22O3. The molecule has 0 unspecified atom stereocenters. The van der Waals surface area contributed by atoms with Crippen molar-refractivity contribution in [2.75, 3.05) is 0 Å². The van der Waals surface area contributed by atoms with E-state index in [4.69, 9.17) is 0 Å². The normalized spacial score (nSPS) is 9.86. The van der Waals surface area contributed by atoms with Gasteiger partial charge in [0.2, 0.25) is 0 Å². The standard InChI is InChI=1S/C9H16O3.C2H6/c1-5-9(3,4)6-8(11)12-7(2)10;1-2/h5-6H2,1-4H3;1-2H3. The first-order valence-electron chi connectivity index (χ1n) is 5.08. The first kappa shape index (κ1) is 15.6. The quantitative estimate of drug-likeness (QED) is 0.522. The van der Waals surface area contributed by atoms with Crippen LogP contribution in [0.1, 0.15) is 54.4 Å². The molecule has 0 atom stereocenters. The minimum atomic E-state index is -0.535. The minimum absolute atomic E-state index is 0.0769. The van der Waals surface area contributed by atoms with Crippen molar-refractivity contribution < 1.29 is 14.3 Å². The topological polar surface area (TPSA) is 43.4 Å². The average Bonchev–Trinajstić information content (AvgIpc) is 2.05. The fraction of sp³-hybridized carbons (Fsp3) is 0.818. The monoisotopic (exact) mass is 202 g/mol. The Morgan fingerprint density at radius 3 is 1.93 bits per heavy atom. The average molecular weight is 202 g/mol. The summed E-state index contributed by atoms with van der Waals surface area (Å²) in [7, 11) is 0. The second kappa shape index (κ2) is 7.54. The third-order valence-corrected chi connectivity index (χ3v) is 1.84. The molecular weight excluding hydrogens is 180 g/mol. The molecule has 0 aliphatic carbocycles. The van der Waals surface area contributed by atoms with Gasteiger partial charge in [0.05, 0.1) is 6.42 Å². The van der Waals surface area contributed by atoms with Crippen molar-refractivity contribution in [3.05, 3.63) is 0 Å². The summed E-state index contributed by atoms with van der Waals surface area (Å²) in [6.45, 7) is 11.2. The Kier molecular flexibility index (Phi) is 8.40. The molecule has 0 fully saturated rings. The second-order valence-corrected chi connectivity index (χ2v) is 3.66. The van der Waals surface area contributed by atoms with Crippen molar-refractivity contribution in [3.8, 4) is 0 Å². The summed E-state index contributed by atoms with van der Waals surface area (Å²) in [6, 6.07) is 0. The van der Waals surface area contributed by atoms with Crippen LogP contribution in [-0.4, -0.2) is 11.9 Å². The minimum Gasteiger partial charge on any atom is -0.393 e. The molecule has 0 bridgehead atoms. The van der Waals surface area contributed by atoms with E-state index in [1.165, 1.54) is 6.92 Å². The van der Waals surface area contributed by atoms with E-state index in [1.807, 2.05) is 34.6 Å². The second-order valence-electron chi connectivity index (χ2n) is 3.66. The maximum absolute atomic E-state index is 11.0. The number of hydrogen-bond donors (Lipinski definition) is 0. The van der Waals surface area contributed by atoms with E-state index in [-0.39, 0.29) is 5.41 Å². The number of carbonyl (C=O) groups excluding carboxylic acids is 2. The largest absolute Gasteiger partial charge is 0.393 e. The van der Waals surface area contributed by atoms with Gasteiger partial charge in [0.15, 0.2) is 0 Å². The summed E-state index contributed by atoms with van der Waals surface area (Å²) < 4.78 is 4.41. The van der Waals surface area contributed by atoms with Crippen LogP contribution in [0.2, 0.25) is 0 Å². The summed E-state index contributed by atoms with van der Waals surface area (Å²) in [4.78, 5) is 21.4. The van der Waals surface area contributed by atoms with Gasteiger partial charge in [-0.05, 0) is 5.41 Å². The summed E-state index contributed by atoms with van der Waals surface area (Å²) in [5.41, 5.74) is -0.0769. The zero-order chi connectivity index (χ0) is 11.8. The molecule has 84 valence electrons. The molecule has 3 heteroatoms. The van der Waals surface area contributed by atoms with Crippen LogP contribution in [0.3, 0.4) is 0 Å². The van der Waals surface area contributed by atoms with Gasteiger partial charge in [-0.25, -0.2) is 0 Å². The van der Waals surface area contributed by atoms with Crippen LogP contribution in [0.5, 0.6) is 0 Å². The van der Waals surface area contributed by atoms with Crippen molar-refractivity contribution in [2.45, 2.75) is 54.4 Å². The summed E-state index contributed by atoms with van der Waals surface area (Å²) >= 11 is 0. The van der Waals surface area contributed by atoms with E-state index < -0.39 is 11.9 Å². The zero-order valence-electron chi connectivity index (χ0n) is 10.1. The summed E-state index contributed by atoms with van der Waals surface area (Å²) in [5.74, 6) is -0.971. The number of hydrogen-bond acceptors (Lipinski definition) is 3. The number of ether oxygens (including phenoxy) is 1. The molecule has 0 aromatic rings. The number of esters is 2. The lowest BCUT2D eigenvalue weighted by molar-refractivity contribution is -0.159. The predicted octanol–water partition coefficient (Wildman–Crippen LogP) is 2.93. The highest BCUT2D eigenvalue weighted by Crippen LogP contribution is 2.24. The molecule has 3 nitrogen and oxygen atoms in total. The lowest BCUT2D eigenvalue weighted by Crippen LogP contribution is -2.19. The van der Waals surface area contributed by atoms with Crippen LogP contribution in [0.4, 0.5) is 0 Å². The van der Waals surface area contributed by atoms with Crippen LogP contribution in [0.15, 0.2) is 0 Å². The van der Waals surface area contributed by atoms with Gasteiger partial charge < -0.3 is 4.74 Å². The van der Waals surface area contributed by atoms with Gasteiger partial charge in [-0.3, -0.25) is 9.59 Å². The molecule has 0 aliphatic rings. The van der Waals surface area contributed by atoms with Crippen molar-refractivity contribution in [1.82, 2.24) is 0 Å². The highest BCUT2D eigenvalue weighted by molar-refractivity contribution is 5.84. The fourth-order valence-corrected chi connectivity index (χ4v) is 0.712. The molecule has 0 rings (SSSR count). The predicted molar refractivity (Wildman–Crippen MR) is 56.8 cm³/mol. The third-order valence-electron chi connectivity index (χ3n) is 1.84. The lowest BCUT2D eigenvalue weighted by atomic mass is 9.87. The molecule has 0 aromatic heterocycles. The maximum atomic E-state index is 11.0. The van der Waals surface area contributed by atoms with Crippen molar-refractivity contribution >= 4 is 11.9 Å². The van der Waals surface area contributed by atoms with E-state index in [2.05, 4.69) is 4.74 Å². The number of rotatable bonds is 3. The Morgan fingerprint density at radius 2 is 1.64 bits per heavy atom. The first-order chi connectivity index (χ1) is 6.37. The molecule has 0 heterocycles. The molecule has 0 saturated heterocycles. The van der Waals surface area contributed by atoms with Crippen LogP contribution < -0.4 is 0 Å². The molecule has 14 heavy (non-hydrogen) atoms. The van der Waals surface area contributed by atoms with Gasteiger partial charge in [-0.15, -0.1) is 0 Å². The Balaban J connectivity index is 0. The molecule has 0 amide bonds. The third kappa shape index (κ3) is 9.23. The van der Waals surface area contributed by atoms with E-state index in [0.29, 0.717) is 6.42 Å². The van der Waals surface area contributed by atoms with Crippen LogP contribution >= 0.6 is 0 Å². The zero-order valence-corrected chi connectivity index (χ0v) is 10.1. The Hall–Kier alpha value is -0.860. The maximum Gasteiger partial charge on any atom is 0.313 e. The Labute approximate surface area is 86.8 Å². The van der Waals surface area contributed by atoms with Gasteiger partial charge in [0, 0.05) is 6.92 Å². The molecule has 0 aromatic carbocycles. The van der Waals surface area contributed by atoms with E-state index >= 15 is 0 Å². The van der Waals surface area contributed by atoms with Crippen molar-refractivity contribution in [2.24, 2.45) is 5.41 Å². The summed E-state index contributed by atoms with van der Waals surface area (Å²) in [6.07, 6.45) is 1.18. The first-order valence-corrected chi connectivity index (χ1v) is 5.08. The van der Waals surface area contributed by atoms with Gasteiger partial charge in [0.25, 0.3) is 0 Å². The van der Waals surface area contributed by atoms with Crippen molar-refractivity contribution in [3.63, 3.8) is 0 Å². The molecule has 0 saturated carbocycles. The van der Waals surface area contributed by atoms with Crippen LogP contribution in [0, 0.1) is 5.41 Å². The van der Waals surface area contributed by atoms with E-state index in [0.717, 1.165) is 6.42 Å². The van der Waals surface area contributed by atoms with E-state index in [9.17, 15) is 9.59 Å². The van der Waals surface area contributed by atoms with Crippen LogP contribution in [0.25, 0.3) is 0 Å². The smallest absolute Gasteiger partial charge is 0.313 e. The van der Waals surface area contributed by atoms with Gasteiger partial charge in [-0.1, -0.05) is 41.0 Å². The Bertz CT molecular complexity index is 183. The Morgan fingerprint density at radius 1 is 1.21 bits per heavy atom. The fourth-order valence-electron chi connectivity index (χ4n) is 0.712. The lowest BCUT2D eigenvalue weighted by Gasteiger charge is -2.20. The van der Waals surface area contributed by atoms with Gasteiger partial charge in [0.1, 0.15) is 0 Å². The number of carbonyl (C=O) groups is 2. The highest BCUT2D eigenvalue weighted by Gasteiger charge is 2.21. The summed E-state index contributed by atoms with van der Waals surface area (Å²) in [5, 5.41) is 0. The molecule has 0 spiro atoms. The van der Waals surface area contributed by atoms with Gasteiger partial charge in [-0.2, -0.15) is 0 Å². The SMILES string of the molecule is CC.CCC(C)(C)CC(=O)OC(C)=O. The molecule has 0 aliphatic heterocycles. The van der Waals surface area contributed by atoms with E-state index in [1.54, 1.807) is 0 Å². The van der Waals surface area contributed by atoms with Gasteiger partial charge >= 0.3 is 11.9 Å².